The van der Waals surface area contributed by atoms with E-state index in [9.17, 15) is 8.78 Å². The van der Waals surface area contributed by atoms with E-state index < -0.39 is 11.6 Å². The van der Waals surface area contributed by atoms with Gasteiger partial charge in [0.25, 0.3) is 0 Å². The molecule has 0 saturated carbocycles. The number of halogens is 2. The van der Waals surface area contributed by atoms with Gasteiger partial charge in [0.15, 0.2) is 11.6 Å². The zero-order valence-corrected chi connectivity index (χ0v) is 7.57. The van der Waals surface area contributed by atoms with Crippen LogP contribution in [0.4, 0.5) is 8.78 Å². The van der Waals surface area contributed by atoms with E-state index in [0.29, 0.717) is 5.56 Å². The van der Waals surface area contributed by atoms with E-state index in [4.69, 9.17) is 0 Å². The van der Waals surface area contributed by atoms with Crippen LogP contribution >= 0.6 is 0 Å². The normalized spacial score (nSPS) is 9.62. The molecule has 0 aliphatic rings. The molecule has 0 aliphatic heterocycles. The third-order valence-electron chi connectivity index (χ3n) is 1.42. The molecule has 0 saturated heterocycles. The second-order valence-electron chi connectivity index (χ2n) is 3.05. The molecular formula is C11H10F2. The van der Waals surface area contributed by atoms with E-state index in [1.807, 2.05) is 13.8 Å². The van der Waals surface area contributed by atoms with Gasteiger partial charge >= 0.3 is 0 Å². The predicted molar refractivity (Wildman–Crippen MR) is 48.1 cm³/mol. The molecule has 0 bridgehead atoms. The summed E-state index contributed by atoms with van der Waals surface area (Å²) in [5.41, 5.74) is 0.507. The van der Waals surface area contributed by atoms with E-state index in [2.05, 4.69) is 11.8 Å². The Morgan fingerprint density at radius 3 is 2.38 bits per heavy atom. The Morgan fingerprint density at radius 2 is 1.85 bits per heavy atom. The summed E-state index contributed by atoms with van der Waals surface area (Å²) in [6.45, 7) is 3.87. The highest BCUT2D eigenvalue weighted by Crippen LogP contribution is 2.07. The van der Waals surface area contributed by atoms with Gasteiger partial charge in [0, 0.05) is 11.5 Å². The summed E-state index contributed by atoms with van der Waals surface area (Å²) in [6.07, 6.45) is 0. The van der Waals surface area contributed by atoms with Gasteiger partial charge in [0.2, 0.25) is 0 Å². The smallest absolute Gasteiger partial charge is 0.160 e. The Hall–Kier alpha value is -1.36. The van der Waals surface area contributed by atoms with Gasteiger partial charge in [-0.1, -0.05) is 25.7 Å². The third-order valence-corrected chi connectivity index (χ3v) is 1.42. The molecule has 0 aromatic heterocycles. The second kappa shape index (κ2) is 4.04. The lowest BCUT2D eigenvalue weighted by Gasteiger charge is -1.93. The van der Waals surface area contributed by atoms with E-state index in [1.54, 1.807) is 0 Å². The minimum Gasteiger partial charge on any atom is -0.204 e. The minimum atomic E-state index is -0.851. The molecule has 13 heavy (non-hydrogen) atoms. The average Bonchev–Trinajstić information content (AvgIpc) is 2.07. The first kappa shape index (κ1) is 9.73. The molecule has 0 aliphatic carbocycles. The number of hydrogen-bond acceptors (Lipinski definition) is 0. The highest BCUT2D eigenvalue weighted by Gasteiger charge is 1.99. The highest BCUT2D eigenvalue weighted by atomic mass is 19.2. The van der Waals surface area contributed by atoms with Gasteiger partial charge < -0.3 is 0 Å². The van der Waals surface area contributed by atoms with Crippen molar-refractivity contribution in [2.24, 2.45) is 5.92 Å². The van der Waals surface area contributed by atoms with Gasteiger partial charge in [-0.2, -0.15) is 0 Å². The van der Waals surface area contributed by atoms with Crippen LogP contribution in [-0.4, -0.2) is 0 Å². The van der Waals surface area contributed by atoms with Crippen LogP contribution in [0.15, 0.2) is 18.2 Å². The summed E-state index contributed by atoms with van der Waals surface area (Å²) in [7, 11) is 0. The molecule has 0 fully saturated rings. The molecule has 2 heteroatoms. The van der Waals surface area contributed by atoms with Gasteiger partial charge in [-0.3, -0.25) is 0 Å². The molecule has 0 spiro atoms. The molecule has 0 atom stereocenters. The fourth-order valence-electron chi connectivity index (χ4n) is 0.802. The molecule has 0 unspecified atom stereocenters. The number of benzene rings is 1. The Morgan fingerprint density at radius 1 is 1.15 bits per heavy atom. The minimum absolute atomic E-state index is 0.230. The Labute approximate surface area is 76.6 Å². The molecule has 1 aromatic carbocycles. The summed E-state index contributed by atoms with van der Waals surface area (Å²) < 4.78 is 25.1. The molecule has 0 heterocycles. The largest absolute Gasteiger partial charge is 0.204 e. The van der Waals surface area contributed by atoms with Crippen LogP contribution in [0.25, 0.3) is 0 Å². The fraction of sp³-hybridized carbons (Fsp3) is 0.273. The van der Waals surface area contributed by atoms with Crippen LogP contribution in [0.3, 0.4) is 0 Å². The van der Waals surface area contributed by atoms with Crippen LogP contribution in [-0.2, 0) is 0 Å². The first-order valence-corrected chi connectivity index (χ1v) is 4.06. The van der Waals surface area contributed by atoms with E-state index in [1.165, 1.54) is 6.07 Å². The van der Waals surface area contributed by atoms with Crippen molar-refractivity contribution < 1.29 is 8.78 Å². The topological polar surface area (TPSA) is 0 Å². The maximum absolute atomic E-state index is 12.7. The van der Waals surface area contributed by atoms with Crippen molar-refractivity contribution in [1.82, 2.24) is 0 Å². The highest BCUT2D eigenvalue weighted by molar-refractivity contribution is 5.34. The fourth-order valence-corrected chi connectivity index (χ4v) is 0.802. The van der Waals surface area contributed by atoms with Crippen LogP contribution in [0.5, 0.6) is 0 Å². The standard InChI is InChI=1S/C11H10F2/c1-8(2)3-4-9-5-6-10(12)11(13)7-9/h5-8H,1-2H3. The maximum Gasteiger partial charge on any atom is 0.160 e. The number of hydrogen-bond donors (Lipinski definition) is 0. The molecule has 0 radical (unpaired) electrons. The van der Waals surface area contributed by atoms with Crippen LogP contribution < -0.4 is 0 Å². The molecule has 1 aromatic rings. The van der Waals surface area contributed by atoms with Crippen molar-refractivity contribution in [1.29, 1.82) is 0 Å². The summed E-state index contributed by atoms with van der Waals surface area (Å²) in [5, 5.41) is 0. The van der Waals surface area contributed by atoms with Crippen molar-refractivity contribution in [3.8, 4) is 11.8 Å². The lowest BCUT2D eigenvalue weighted by molar-refractivity contribution is 0.508. The van der Waals surface area contributed by atoms with Crippen molar-refractivity contribution in [3.63, 3.8) is 0 Å². The summed E-state index contributed by atoms with van der Waals surface area (Å²) in [4.78, 5) is 0. The quantitative estimate of drug-likeness (QED) is 0.538. The van der Waals surface area contributed by atoms with Gasteiger partial charge in [0.1, 0.15) is 0 Å². The van der Waals surface area contributed by atoms with Crippen molar-refractivity contribution >= 4 is 0 Å². The van der Waals surface area contributed by atoms with E-state index in [-0.39, 0.29) is 5.92 Å². The predicted octanol–water partition coefficient (Wildman–Crippen LogP) is 2.97. The molecule has 0 N–H and O–H groups in total. The van der Waals surface area contributed by atoms with Gasteiger partial charge in [-0.15, -0.1) is 0 Å². The Balaban J connectivity index is 2.94. The molecular weight excluding hydrogens is 170 g/mol. The van der Waals surface area contributed by atoms with Crippen LogP contribution in [0.1, 0.15) is 19.4 Å². The lowest BCUT2D eigenvalue weighted by Crippen LogP contribution is -1.85. The zero-order valence-electron chi connectivity index (χ0n) is 7.57. The summed E-state index contributed by atoms with van der Waals surface area (Å²) >= 11 is 0. The SMILES string of the molecule is CC(C)C#Cc1ccc(F)c(F)c1. The lowest BCUT2D eigenvalue weighted by atomic mass is 10.2. The Kier molecular flexibility index (Phi) is 3.02. The van der Waals surface area contributed by atoms with E-state index in [0.717, 1.165) is 12.1 Å². The van der Waals surface area contributed by atoms with Crippen molar-refractivity contribution in [2.75, 3.05) is 0 Å². The second-order valence-corrected chi connectivity index (χ2v) is 3.05. The molecule has 0 nitrogen and oxygen atoms in total. The molecule has 1 rings (SSSR count). The average molecular weight is 180 g/mol. The van der Waals surface area contributed by atoms with E-state index >= 15 is 0 Å². The third kappa shape index (κ3) is 2.87. The molecule has 68 valence electrons. The van der Waals surface area contributed by atoms with Gasteiger partial charge in [-0.25, -0.2) is 8.78 Å². The monoisotopic (exact) mass is 180 g/mol. The number of rotatable bonds is 0. The van der Waals surface area contributed by atoms with Crippen LogP contribution in [0.2, 0.25) is 0 Å². The Bertz CT molecular complexity index is 356. The maximum atomic E-state index is 12.7. The van der Waals surface area contributed by atoms with Gasteiger partial charge in [-0.05, 0) is 18.2 Å². The van der Waals surface area contributed by atoms with Crippen LogP contribution in [0, 0.1) is 29.4 Å². The first-order chi connectivity index (χ1) is 6.09. The van der Waals surface area contributed by atoms with Gasteiger partial charge in [0.05, 0.1) is 0 Å². The molecule has 0 amide bonds. The van der Waals surface area contributed by atoms with Crippen molar-refractivity contribution in [2.45, 2.75) is 13.8 Å². The van der Waals surface area contributed by atoms with Crippen molar-refractivity contribution in [3.05, 3.63) is 35.4 Å². The summed E-state index contributed by atoms with van der Waals surface area (Å²) in [6, 6.07) is 3.65. The summed E-state index contributed by atoms with van der Waals surface area (Å²) in [5.74, 6) is 4.17. The zero-order chi connectivity index (χ0) is 9.84. The first-order valence-electron chi connectivity index (χ1n) is 4.06.